The van der Waals surface area contributed by atoms with Crippen molar-refractivity contribution in [1.82, 2.24) is 9.78 Å². The highest BCUT2D eigenvalue weighted by atomic mass is 32.2. The van der Waals surface area contributed by atoms with E-state index in [1.807, 2.05) is 13.8 Å². The Morgan fingerprint density at radius 1 is 1.31 bits per heavy atom. The number of hydrogen-bond acceptors (Lipinski definition) is 5. The largest absolute Gasteiger partial charge is 0.474 e. The molecule has 3 aliphatic rings. The molecular formula is C21H26FN5O4S. The molecule has 2 atom stereocenters. The first-order valence-corrected chi connectivity index (χ1v) is 12.4. The summed E-state index contributed by atoms with van der Waals surface area (Å²) in [5, 5.41) is 12.9. The molecule has 1 aromatic heterocycles. The second-order valence-electron chi connectivity index (χ2n) is 8.66. The van der Waals surface area contributed by atoms with Gasteiger partial charge in [0.05, 0.1) is 18.8 Å². The summed E-state index contributed by atoms with van der Waals surface area (Å²) < 4.78 is 44.5. The minimum atomic E-state index is -3.61. The van der Waals surface area contributed by atoms with Gasteiger partial charge in [-0.2, -0.15) is 5.10 Å². The molecular weight excluding hydrogens is 437 g/mol. The van der Waals surface area contributed by atoms with E-state index in [1.54, 1.807) is 0 Å². The average Bonchev–Trinajstić information content (AvgIpc) is 3.32. The number of hydrogen-bond donors (Lipinski definition) is 2. The number of rotatable bonds is 4. The SMILES string of the molecule is CC(C)OC1COc2c(S(N)(=O)=NC(=O)Nc3c4c(c(F)c5c3CC5)CCC4)cnn2C1. The smallest absolute Gasteiger partial charge is 0.354 e. The van der Waals surface area contributed by atoms with Crippen LogP contribution in [0.3, 0.4) is 0 Å². The van der Waals surface area contributed by atoms with Crippen molar-refractivity contribution < 1.29 is 22.9 Å². The number of carbonyl (C=O) groups excluding carboxylic acids is 1. The van der Waals surface area contributed by atoms with Gasteiger partial charge in [0.15, 0.2) is 9.92 Å². The zero-order valence-corrected chi connectivity index (χ0v) is 18.8. The Labute approximate surface area is 185 Å². The number of fused-ring (bicyclic) bond motifs is 3. The van der Waals surface area contributed by atoms with Gasteiger partial charge >= 0.3 is 6.03 Å². The van der Waals surface area contributed by atoms with Crippen LogP contribution in [-0.2, 0) is 46.9 Å². The zero-order valence-electron chi connectivity index (χ0n) is 18.0. The number of aromatic nitrogens is 2. The molecule has 1 aromatic carbocycles. The molecule has 0 radical (unpaired) electrons. The summed E-state index contributed by atoms with van der Waals surface area (Å²) in [4.78, 5) is 12.8. The Morgan fingerprint density at radius 2 is 2.00 bits per heavy atom. The van der Waals surface area contributed by atoms with Gasteiger partial charge in [-0.3, -0.25) is 0 Å². The Bertz CT molecular complexity index is 1230. The quantitative estimate of drug-likeness (QED) is 0.722. The van der Waals surface area contributed by atoms with Crippen LogP contribution in [0.1, 0.15) is 42.5 Å². The summed E-state index contributed by atoms with van der Waals surface area (Å²) in [5.41, 5.74) is 3.55. The number of nitrogens with two attached hydrogens (primary N) is 1. The second-order valence-corrected chi connectivity index (χ2v) is 10.4. The third-order valence-electron chi connectivity index (χ3n) is 6.11. The monoisotopic (exact) mass is 463 g/mol. The molecule has 0 saturated carbocycles. The van der Waals surface area contributed by atoms with E-state index in [-0.39, 0.29) is 35.4 Å². The first-order chi connectivity index (χ1) is 15.2. The molecule has 11 heteroatoms. The van der Waals surface area contributed by atoms with Crippen LogP contribution in [0, 0.1) is 5.82 Å². The van der Waals surface area contributed by atoms with E-state index in [4.69, 9.17) is 14.6 Å². The number of halogens is 1. The van der Waals surface area contributed by atoms with Crippen molar-refractivity contribution in [1.29, 1.82) is 0 Å². The van der Waals surface area contributed by atoms with Crippen LogP contribution in [0.15, 0.2) is 15.5 Å². The van der Waals surface area contributed by atoms with Crippen molar-refractivity contribution in [3.8, 4) is 5.88 Å². The van der Waals surface area contributed by atoms with Crippen LogP contribution in [-0.4, -0.2) is 38.8 Å². The van der Waals surface area contributed by atoms with E-state index in [9.17, 15) is 13.4 Å². The molecule has 0 spiro atoms. The Morgan fingerprint density at radius 3 is 2.72 bits per heavy atom. The number of ether oxygens (including phenoxy) is 2. The third kappa shape index (κ3) is 3.57. The Kier molecular flexibility index (Phi) is 5.22. The van der Waals surface area contributed by atoms with E-state index in [1.165, 1.54) is 10.9 Å². The van der Waals surface area contributed by atoms with Gasteiger partial charge in [0, 0.05) is 5.69 Å². The van der Waals surface area contributed by atoms with Crippen LogP contribution in [0.5, 0.6) is 5.88 Å². The highest BCUT2D eigenvalue weighted by Crippen LogP contribution is 2.42. The molecule has 2 heterocycles. The lowest BCUT2D eigenvalue weighted by atomic mass is 9.83. The molecule has 2 aromatic rings. The van der Waals surface area contributed by atoms with Gasteiger partial charge < -0.3 is 14.8 Å². The van der Waals surface area contributed by atoms with Gasteiger partial charge in [0.1, 0.15) is 23.4 Å². The van der Waals surface area contributed by atoms with Crippen LogP contribution in [0.25, 0.3) is 0 Å². The molecule has 0 fully saturated rings. The van der Waals surface area contributed by atoms with E-state index in [2.05, 4.69) is 14.8 Å². The fraction of sp³-hybridized carbons (Fsp3) is 0.524. The Balaban J connectivity index is 1.41. The number of amides is 2. The standard InChI is InChI=1S/C21H26FN5O4S/c1-11(2)31-12-9-27-20(30-10-12)17(8-24-27)32(23,29)26-21(28)25-19-15-5-3-4-13(15)18(22)14-6-7-16(14)19/h8,11-12H,3-7,9-10H2,1-2H3,(H3,23,25,26,28,29). The van der Waals surface area contributed by atoms with E-state index >= 15 is 0 Å². The summed E-state index contributed by atoms with van der Waals surface area (Å²) in [5.74, 6) is 0.0872. The number of nitrogens with one attached hydrogen (secondary N) is 1. The number of urea groups is 1. The maximum atomic E-state index is 14.6. The second kappa shape index (κ2) is 7.82. The zero-order chi connectivity index (χ0) is 22.6. The normalized spacial score (nSPS) is 20.5. The molecule has 0 saturated heterocycles. The van der Waals surface area contributed by atoms with Gasteiger partial charge in [0.2, 0.25) is 5.88 Å². The van der Waals surface area contributed by atoms with Gasteiger partial charge in [-0.25, -0.2) is 23.2 Å². The molecule has 2 aliphatic carbocycles. The Hall–Kier alpha value is -2.50. The third-order valence-corrected chi connectivity index (χ3v) is 7.46. The lowest BCUT2D eigenvalue weighted by molar-refractivity contribution is -0.0444. The highest BCUT2D eigenvalue weighted by molar-refractivity contribution is 7.91. The van der Waals surface area contributed by atoms with Crippen molar-refractivity contribution in [2.45, 2.75) is 69.6 Å². The van der Waals surface area contributed by atoms with Crippen molar-refractivity contribution in [2.75, 3.05) is 11.9 Å². The number of nitrogens with zero attached hydrogens (tertiary/aromatic N) is 3. The summed E-state index contributed by atoms with van der Waals surface area (Å²) in [6.45, 7) is 4.53. The fourth-order valence-electron chi connectivity index (χ4n) is 4.69. The maximum Gasteiger partial charge on any atom is 0.354 e. The molecule has 2 amide bonds. The lowest BCUT2D eigenvalue weighted by Crippen LogP contribution is -2.35. The molecule has 5 rings (SSSR count). The maximum absolute atomic E-state index is 14.6. The van der Waals surface area contributed by atoms with Gasteiger partial charge in [-0.15, -0.1) is 4.36 Å². The summed E-state index contributed by atoms with van der Waals surface area (Å²) in [6, 6.07) is -0.830. The number of benzene rings is 1. The van der Waals surface area contributed by atoms with Crippen LogP contribution in [0.4, 0.5) is 14.9 Å². The molecule has 32 heavy (non-hydrogen) atoms. The molecule has 0 bridgehead atoms. The molecule has 9 nitrogen and oxygen atoms in total. The van der Waals surface area contributed by atoms with Crippen LogP contribution >= 0.6 is 0 Å². The molecule has 172 valence electrons. The van der Waals surface area contributed by atoms with E-state index in [0.717, 1.165) is 17.5 Å². The highest BCUT2D eigenvalue weighted by Gasteiger charge is 2.32. The molecule has 2 unspecified atom stereocenters. The first kappa shape index (κ1) is 21.4. The summed E-state index contributed by atoms with van der Waals surface area (Å²) in [7, 11) is -3.61. The van der Waals surface area contributed by atoms with Crippen LogP contribution < -0.4 is 15.2 Å². The van der Waals surface area contributed by atoms with Crippen molar-refractivity contribution in [2.24, 2.45) is 9.50 Å². The fourth-order valence-corrected chi connectivity index (χ4v) is 5.69. The van der Waals surface area contributed by atoms with Crippen molar-refractivity contribution in [3.05, 3.63) is 34.3 Å². The summed E-state index contributed by atoms with van der Waals surface area (Å²) >= 11 is 0. The lowest BCUT2D eigenvalue weighted by Gasteiger charge is -2.27. The van der Waals surface area contributed by atoms with Gasteiger partial charge in [-0.05, 0) is 68.2 Å². The minimum absolute atomic E-state index is 0.0303. The molecule has 1 aliphatic heterocycles. The predicted octanol–water partition coefficient (Wildman–Crippen LogP) is 2.73. The van der Waals surface area contributed by atoms with E-state index in [0.29, 0.717) is 49.0 Å². The van der Waals surface area contributed by atoms with Crippen molar-refractivity contribution >= 4 is 21.6 Å². The molecule has 3 N–H and O–H groups in total. The summed E-state index contributed by atoms with van der Waals surface area (Å²) in [6.07, 6.45) is 4.69. The topological polar surface area (TPSA) is 121 Å². The first-order valence-electron chi connectivity index (χ1n) is 10.8. The van der Waals surface area contributed by atoms with Gasteiger partial charge in [0.25, 0.3) is 0 Å². The number of carbonyl (C=O) groups is 1. The number of anilines is 1. The predicted molar refractivity (Wildman–Crippen MR) is 116 cm³/mol. The van der Waals surface area contributed by atoms with Crippen molar-refractivity contribution in [3.63, 3.8) is 0 Å². The van der Waals surface area contributed by atoms with Crippen LogP contribution in [0.2, 0.25) is 0 Å². The minimum Gasteiger partial charge on any atom is -0.474 e. The van der Waals surface area contributed by atoms with E-state index < -0.39 is 15.9 Å². The average molecular weight is 464 g/mol. The van der Waals surface area contributed by atoms with Gasteiger partial charge in [-0.1, -0.05) is 0 Å².